The molecule has 0 radical (unpaired) electrons. The molecule has 0 aliphatic carbocycles. The van der Waals surface area contributed by atoms with Gasteiger partial charge < -0.3 is 15.1 Å². The van der Waals surface area contributed by atoms with Crippen LogP contribution in [0.1, 0.15) is 22.8 Å². The minimum Gasteiger partial charge on any atom is -0.360 e. The fraction of sp³-hybridized carbons (Fsp3) is 0.286. The molecule has 0 aromatic heterocycles. The standard InChI is InChI=1S/C21H22N4O2/c1-16(26)18-4-8-20(9-5-18)25-12-10-24(11-13-25)15-21(27)23-19-6-2-17(14-22)3-7-19/h2-9H,10-13,15H2,1H3,(H,23,27)/p+1. The number of carbonyl (C=O) groups excluding carboxylic acids is 2. The van der Waals surface area contributed by atoms with Gasteiger partial charge in [-0.3, -0.25) is 9.59 Å². The van der Waals surface area contributed by atoms with E-state index in [0.717, 1.165) is 37.4 Å². The van der Waals surface area contributed by atoms with Crippen molar-refractivity contribution in [1.29, 1.82) is 5.26 Å². The van der Waals surface area contributed by atoms with Gasteiger partial charge in [0.25, 0.3) is 5.91 Å². The van der Waals surface area contributed by atoms with Crippen molar-refractivity contribution in [2.45, 2.75) is 6.92 Å². The Labute approximate surface area is 159 Å². The molecular formula is C21H23N4O2+. The Hall–Kier alpha value is -3.17. The van der Waals surface area contributed by atoms with E-state index in [4.69, 9.17) is 5.26 Å². The molecule has 1 aliphatic rings. The maximum atomic E-state index is 12.2. The quantitative estimate of drug-likeness (QED) is 0.780. The van der Waals surface area contributed by atoms with E-state index >= 15 is 0 Å². The Bertz CT molecular complexity index is 845. The van der Waals surface area contributed by atoms with Crippen molar-refractivity contribution in [3.63, 3.8) is 0 Å². The summed E-state index contributed by atoms with van der Waals surface area (Å²) in [6, 6.07) is 16.6. The zero-order chi connectivity index (χ0) is 19.2. The number of quaternary nitrogens is 1. The van der Waals surface area contributed by atoms with Gasteiger partial charge in [-0.2, -0.15) is 5.26 Å². The van der Waals surface area contributed by atoms with Crippen LogP contribution in [0, 0.1) is 11.3 Å². The maximum Gasteiger partial charge on any atom is 0.279 e. The third-order valence-corrected chi connectivity index (χ3v) is 4.82. The molecule has 0 atom stereocenters. The molecule has 0 saturated carbocycles. The molecule has 1 aliphatic heterocycles. The van der Waals surface area contributed by atoms with E-state index in [2.05, 4.69) is 16.3 Å². The number of nitrogens with zero attached hydrogens (tertiary/aromatic N) is 2. The average molecular weight is 363 g/mol. The number of Topliss-reactive ketones (excluding diaryl/α,β-unsaturated/α-hetero) is 1. The minimum atomic E-state index is -0.0195. The zero-order valence-corrected chi connectivity index (χ0v) is 15.4. The molecule has 1 amide bonds. The lowest BCUT2D eigenvalue weighted by Crippen LogP contribution is -3.15. The molecule has 0 spiro atoms. The summed E-state index contributed by atoms with van der Waals surface area (Å²) in [4.78, 5) is 27.1. The van der Waals surface area contributed by atoms with Crippen molar-refractivity contribution < 1.29 is 14.5 Å². The lowest BCUT2D eigenvalue weighted by atomic mass is 10.1. The van der Waals surface area contributed by atoms with E-state index in [-0.39, 0.29) is 11.7 Å². The van der Waals surface area contributed by atoms with Gasteiger partial charge in [-0.1, -0.05) is 0 Å². The summed E-state index contributed by atoms with van der Waals surface area (Å²) in [6.45, 7) is 5.51. The number of amides is 1. The summed E-state index contributed by atoms with van der Waals surface area (Å²) in [6.07, 6.45) is 0. The van der Waals surface area contributed by atoms with Gasteiger partial charge in [0.15, 0.2) is 12.3 Å². The highest BCUT2D eigenvalue weighted by Gasteiger charge is 2.22. The maximum absolute atomic E-state index is 12.2. The van der Waals surface area contributed by atoms with Crippen molar-refractivity contribution in [3.05, 3.63) is 59.7 Å². The van der Waals surface area contributed by atoms with Gasteiger partial charge in [-0.25, -0.2) is 0 Å². The molecule has 6 nitrogen and oxygen atoms in total. The van der Waals surface area contributed by atoms with E-state index in [1.165, 1.54) is 4.90 Å². The van der Waals surface area contributed by atoms with Crippen molar-refractivity contribution in [3.8, 4) is 6.07 Å². The summed E-state index contributed by atoms with van der Waals surface area (Å²) in [5.74, 6) is 0.0538. The molecule has 1 fully saturated rings. The number of hydrogen-bond acceptors (Lipinski definition) is 4. The molecule has 1 saturated heterocycles. The van der Waals surface area contributed by atoms with Gasteiger partial charge in [0, 0.05) is 16.9 Å². The van der Waals surface area contributed by atoms with Crippen LogP contribution in [0.2, 0.25) is 0 Å². The van der Waals surface area contributed by atoms with E-state index < -0.39 is 0 Å². The molecule has 6 heteroatoms. The second-order valence-electron chi connectivity index (χ2n) is 6.75. The average Bonchev–Trinajstić information content (AvgIpc) is 2.69. The van der Waals surface area contributed by atoms with Crippen LogP contribution in [-0.2, 0) is 4.79 Å². The summed E-state index contributed by atoms with van der Waals surface area (Å²) < 4.78 is 0. The molecular weight excluding hydrogens is 340 g/mol. The lowest BCUT2D eigenvalue weighted by Gasteiger charge is -2.33. The van der Waals surface area contributed by atoms with Crippen LogP contribution in [0.3, 0.4) is 0 Å². The van der Waals surface area contributed by atoms with Gasteiger partial charge in [-0.15, -0.1) is 0 Å². The van der Waals surface area contributed by atoms with Gasteiger partial charge in [0.1, 0.15) is 0 Å². The molecule has 0 unspecified atom stereocenters. The zero-order valence-electron chi connectivity index (χ0n) is 15.4. The normalized spacial score (nSPS) is 14.4. The van der Waals surface area contributed by atoms with Gasteiger partial charge >= 0.3 is 0 Å². The van der Waals surface area contributed by atoms with Gasteiger partial charge in [0.05, 0.1) is 37.8 Å². The number of nitrogens with one attached hydrogen (secondary N) is 2. The number of benzene rings is 2. The number of rotatable bonds is 5. The molecule has 138 valence electrons. The fourth-order valence-electron chi connectivity index (χ4n) is 3.23. The van der Waals surface area contributed by atoms with Crippen molar-refractivity contribution >= 4 is 23.1 Å². The summed E-state index contributed by atoms with van der Waals surface area (Å²) in [7, 11) is 0. The Balaban J connectivity index is 1.47. The predicted octanol–water partition coefficient (Wildman–Crippen LogP) is 1.10. The first-order chi connectivity index (χ1) is 13.0. The number of hydrogen-bond donors (Lipinski definition) is 2. The van der Waals surface area contributed by atoms with Crippen LogP contribution < -0.4 is 15.1 Å². The molecule has 2 N–H and O–H groups in total. The Morgan fingerprint density at radius 2 is 1.70 bits per heavy atom. The lowest BCUT2D eigenvalue weighted by molar-refractivity contribution is -0.892. The molecule has 2 aromatic rings. The van der Waals surface area contributed by atoms with Crippen molar-refractivity contribution in [2.75, 3.05) is 42.9 Å². The van der Waals surface area contributed by atoms with Gasteiger partial charge in [0.2, 0.25) is 0 Å². The highest BCUT2D eigenvalue weighted by molar-refractivity contribution is 5.94. The Morgan fingerprint density at radius 3 is 2.26 bits per heavy atom. The van der Waals surface area contributed by atoms with Crippen LogP contribution >= 0.6 is 0 Å². The summed E-state index contributed by atoms with van der Waals surface area (Å²) in [5, 5.41) is 11.7. The van der Waals surface area contributed by atoms with Crippen LogP contribution in [-0.4, -0.2) is 44.4 Å². The number of carbonyl (C=O) groups is 2. The van der Waals surface area contributed by atoms with Crippen LogP contribution in [0.5, 0.6) is 0 Å². The summed E-state index contributed by atoms with van der Waals surface area (Å²) >= 11 is 0. The van der Waals surface area contributed by atoms with Crippen LogP contribution in [0.25, 0.3) is 0 Å². The summed E-state index contributed by atoms with van der Waals surface area (Å²) in [5.41, 5.74) is 3.12. The van der Waals surface area contributed by atoms with Crippen LogP contribution in [0.15, 0.2) is 48.5 Å². The van der Waals surface area contributed by atoms with Crippen LogP contribution in [0.4, 0.5) is 11.4 Å². The largest absolute Gasteiger partial charge is 0.360 e. The number of anilines is 2. The monoisotopic (exact) mass is 363 g/mol. The van der Waals surface area contributed by atoms with E-state index in [0.29, 0.717) is 17.8 Å². The Morgan fingerprint density at radius 1 is 1.07 bits per heavy atom. The molecule has 2 aromatic carbocycles. The first kappa shape index (κ1) is 18.6. The molecule has 27 heavy (non-hydrogen) atoms. The van der Waals surface area contributed by atoms with Gasteiger partial charge in [-0.05, 0) is 55.5 Å². The second-order valence-corrected chi connectivity index (χ2v) is 6.75. The van der Waals surface area contributed by atoms with Crippen molar-refractivity contribution in [2.24, 2.45) is 0 Å². The number of ketones is 1. The van der Waals surface area contributed by atoms with E-state index in [1.54, 1.807) is 31.2 Å². The third-order valence-electron chi connectivity index (χ3n) is 4.82. The fourth-order valence-corrected chi connectivity index (χ4v) is 3.23. The molecule has 0 bridgehead atoms. The van der Waals surface area contributed by atoms with Crippen molar-refractivity contribution in [1.82, 2.24) is 0 Å². The molecule has 1 heterocycles. The number of piperazine rings is 1. The van der Waals surface area contributed by atoms with E-state index in [9.17, 15) is 9.59 Å². The Kier molecular flexibility index (Phi) is 5.84. The third kappa shape index (κ3) is 4.93. The van der Waals surface area contributed by atoms with E-state index in [1.807, 2.05) is 24.3 Å². The second kappa shape index (κ2) is 8.47. The highest BCUT2D eigenvalue weighted by Crippen LogP contribution is 2.15. The number of nitriles is 1. The molecule has 3 rings (SSSR count). The predicted molar refractivity (Wildman–Crippen MR) is 104 cm³/mol. The minimum absolute atomic E-state index is 0.0195. The SMILES string of the molecule is CC(=O)c1ccc(N2CC[NH+](CC(=O)Nc3ccc(C#N)cc3)CC2)cc1. The topological polar surface area (TPSA) is 77.6 Å². The first-order valence-corrected chi connectivity index (χ1v) is 9.04. The first-order valence-electron chi connectivity index (χ1n) is 9.04. The highest BCUT2D eigenvalue weighted by atomic mass is 16.2. The smallest absolute Gasteiger partial charge is 0.279 e.